The van der Waals surface area contributed by atoms with Crippen molar-refractivity contribution < 1.29 is 14.3 Å². The summed E-state index contributed by atoms with van der Waals surface area (Å²) in [4.78, 5) is 27.0. The number of H-pyrrole nitrogens is 1. The molecular weight excluding hydrogens is 294 g/mol. The lowest BCUT2D eigenvalue weighted by atomic mass is 10.1. The Kier molecular flexibility index (Phi) is 5.30. The molecule has 6 heteroatoms. The minimum absolute atomic E-state index is 0.284. The van der Waals surface area contributed by atoms with E-state index >= 15 is 0 Å². The van der Waals surface area contributed by atoms with Gasteiger partial charge in [-0.05, 0) is 31.9 Å². The van der Waals surface area contributed by atoms with Gasteiger partial charge >= 0.3 is 5.97 Å². The molecule has 0 aliphatic rings. The van der Waals surface area contributed by atoms with Gasteiger partial charge in [0.15, 0.2) is 0 Å². The summed E-state index contributed by atoms with van der Waals surface area (Å²) in [5, 5.41) is 3.92. The van der Waals surface area contributed by atoms with Crippen molar-refractivity contribution in [3.05, 3.63) is 58.4 Å². The van der Waals surface area contributed by atoms with E-state index in [0.717, 1.165) is 5.56 Å². The molecule has 0 saturated heterocycles. The Bertz CT molecular complexity index is 733. The highest BCUT2D eigenvalue weighted by Crippen LogP contribution is 2.19. The number of amides is 1. The fraction of sp³-hybridized carbons (Fsp3) is 0.235. The minimum Gasteiger partial charge on any atom is -0.462 e. The van der Waals surface area contributed by atoms with Crippen LogP contribution in [-0.2, 0) is 4.74 Å². The Morgan fingerprint density at radius 3 is 2.61 bits per heavy atom. The second-order valence-electron chi connectivity index (χ2n) is 4.96. The van der Waals surface area contributed by atoms with Gasteiger partial charge in [-0.15, -0.1) is 0 Å². The Morgan fingerprint density at radius 1 is 1.26 bits per heavy atom. The maximum Gasteiger partial charge on any atom is 0.340 e. The van der Waals surface area contributed by atoms with Gasteiger partial charge in [-0.3, -0.25) is 4.79 Å². The third-order valence-electron chi connectivity index (χ3n) is 3.32. The largest absolute Gasteiger partial charge is 0.462 e. The molecule has 0 saturated carbocycles. The molecule has 0 radical (unpaired) electrons. The van der Waals surface area contributed by atoms with E-state index in [1.54, 1.807) is 27.0 Å². The molecule has 0 atom stereocenters. The number of ether oxygens (including phenoxy) is 1. The lowest BCUT2D eigenvalue weighted by Gasteiger charge is -2.02. The van der Waals surface area contributed by atoms with Gasteiger partial charge in [0.2, 0.25) is 0 Å². The fourth-order valence-corrected chi connectivity index (χ4v) is 2.25. The molecule has 0 spiro atoms. The minimum atomic E-state index is -0.439. The number of esters is 1. The number of hydrogen-bond donors (Lipinski definition) is 2. The molecule has 120 valence electrons. The second kappa shape index (κ2) is 7.40. The van der Waals surface area contributed by atoms with E-state index in [0.29, 0.717) is 22.5 Å². The Morgan fingerprint density at radius 2 is 1.96 bits per heavy atom. The van der Waals surface area contributed by atoms with Crippen LogP contribution < -0.4 is 5.43 Å². The van der Waals surface area contributed by atoms with Crippen LogP contribution in [0.25, 0.3) is 0 Å². The summed E-state index contributed by atoms with van der Waals surface area (Å²) >= 11 is 0. The van der Waals surface area contributed by atoms with Crippen LogP contribution in [-0.4, -0.2) is 29.7 Å². The number of hydrogen-bond acceptors (Lipinski definition) is 4. The standard InChI is InChI=1S/C17H19N3O3/c1-4-23-17(22)14-11(2)15(19-12(14)3)16(21)20-18-10-13-8-6-5-7-9-13/h5-10,19H,4H2,1-3H3,(H,20,21)/b18-10+. The maximum absolute atomic E-state index is 12.2. The van der Waals surface area contributed by atoms with Gasteiger partial charge in [-0.25, -0.2) is 10.2 Å². The van der Waals surface area contributed by atoms with Crippen molar-refractivity contribution in [2.75, 3.05) is 6.61 Å². The number of rotatable bonds is 5. The Balaban J connectivity index is 2.12. The van der Waals surface area contributed by atoms with Crippen LogP contribution in [0.15, 0.2) is 35.4 Å². The molecule has 1 heterocycles. The summed E-state index contributed by atoms with van der Waals surface area (Å²) in [6.07, 6.45) is 1.55. The SMILES string of the molecule is CCOC(=O)c1c(C)[nH]c(C(=O)N/N=C/c2ccccc2)c1C. The van der Waals surface area contributed by atoms with E-state index in [1.807, 2.05) is 30.3 Å². The first-order valence-electron chi connectivity index (χ1n) is 7.29. The van der Waals surface area contributed by atoms with Gasteiger partial charge in [0.05, 0.1) is 18.4 Å². The van der Waals surface area contributed by atoms with Crippen molar-refractivity contribution in [1.29, 1.82) is 0 Å². The highest BCUT2D eigenvalue weighted by Gasteiger charge is 2.22. The first-order chi connectivity index (χ1) is 11.0. The molecule has 2 N–H and O–H groups in total. The average molecular weight is 313 g/mol. The lowest BCUT2D eigenvalue weighted by molar-refractivity contribution is 0.0525. The van der Waals surface area contributed by atoms with E-state index in [4.69, 9.17) is 4.74 Å². The zero-order valence-electron chi connectivity index (χ0n) is 13.3. The smallest absolute Gasteiger partial charge is 0.340 e. The number of aryl methyl sites for hydroxylation is 1. The Labute approximate surface area is 134 Å². The van der Waals surface area contributed by atoms with Gasteiger partial charge in [0.25, 0.3) is 5.91 Å². The third-order valence-corrected chi connectivity index (χ3v) is 3.32. The number of nitrogens with one attached hydrogen (secondary N) is 2. The van der Waals surface area contributed by atoms with Gasteiger partial charge in [0.1, 0.15) is 5.69 Å². The number of hydrazone groups is 1. The zero-order valence-corrected chi connectivity index (χ0v) is 13.3. The predicted octanol–water partition coefficient (Wildman–Crippen LogP) is 2.57. The zero-order chi connectivity index (χ0) is 16.8. The Hall–Kier alpha value is -2.89. The first kappa shape index (κ1) is 16.5. The summed E-state index contributed by atoms with van der Waals surface area (Å²) < 4.78 is 5.00. The van der Waals surface area contributed by atoms with Gasteiger partial charge < -0.3 is 9.72 Å². The number of carbonyl (C=O) groups is 2. The van der Waals surface area contributed by atoms with E-state index < -0.39 is 11.9 Å². The number of nitrogens with zero attached hydrogens (tertiary/aromatic N) is 1. The van der Waals surface area contributed by atoms with Gasteiger partial charge in [0, 0.05) is 5.69 Å². The molecule has 0 fully saturated rings. The van der Waals surface area contributed by atoms with Gasteiger partial charge in [-0.2, -0.15) is 5.10 Å². The van der Waals surface area contributed by atoms with Crippen molar-refractivity contribution in [3.63, 3.8) is 0 Å². The molecule has 0 aliphatic carbocycles. The van der Waals surface area contributed by atoms with Crippen LogP contribution >= 0.6 is 0 Å². The van der Waals surface area contributed by atoms with Crippen molar-refractivity contribution >= 4 is 18.1 Å². The molecule has 0 unspecified atom stereocenters. The lowest BCUT2D eigenvalue weighted by Crippen LogP contribution is -2.19. The van der Waals surface area contributed by atoms with Crippen LogP contribution in [0.1, 0.15) is 44.6 Å². The average Bonchev–Trinajstić information content (AvgIpc) is 2.83. The number of aromatic amines is 1. The highest BCUT2D eigenvalue weighted by atomic mass is 16.5. The van der Waals surface area contributed by atoms with Crippen LogP contribution in [0, 0.1) is 13.8 Å². The van der Waals surface area contributed by atoms with Crippen LogP contribution in [0.2, 0.25) is 0 Å². The van der Waals surface area contributed by atoms with E-state index in [1.165, 1.54) is 0 Å². The molecule has 1 aromatic carbocycles. The summed E-state index contributed by atoms with van der Waals surface area (Å²) in [6, 6.07) is 9.41. The summed E-state index contributed by atoms with van der Waals surface area (Å²) in [6.45, 7) is 5.45. The van der Waals surface area contributed by atoms with Crippen molar-refractivity contribution in [1.82, 2.24) is 10.4 Å². The molecule has 2 aromatic rings. The topological polar surface area (TPSA) is 83.5 Å². The normalized spacial score (nSPS) is 10.7. The second-order valence-corrected chi connectivity index (χ2v) is 4.96. The van der Waals surface area contributed by atoms with E-state index in [-0.39, 0.29) is 6.61 Å². The quantitative estimate of drug-likeness (QED) is 0.505. The molecule has 1 amide bonds. The van der Waals surface area contributed by atoms with Crippen molar-refractivity contribution in [3.8, 4) is 0 Å². The number of aromatic nitrogens is 1. The van der Waals surface area contributed by atoms with E-state index in [9.17, 15) is 9.59 Å². The molecule has 2 rings (SSSR count). The van der Waals surface area contributed by atoms with Crippen LogP contribution in [0.4, 0.5) is 0 Å². The molecule has 0 aliphatic heterocycles. The summed E-state index contributed by atoms with van der Waals surface area (Å²) in [5.41, 5.74) is 5.16. The summed E-state index contributed by atoms with van der Waals surface area (Å²) in [5.74, 6) is -0.848. The predicted molar refractivity (Wildman–Crippen MR) is 87.7 cm³/mol. The monoisotopic (exact) mass is 313 g/mol. The van der Waals surface area contributed by atoms with E-state index in [2.05, 4.69) is 15.5 Å². The highest BCUT2D eigenvalue weighted by molar-refractivity contribution is 6.00. The molecule has 6 nitrogen and oxygen atoms in total. The molecule has 1 aromatic heterocycles. The molecule has 23 heavy (non-hydrogen) atoms. The number of benzene rings is 1. The third kappa shape index (κ3) is 3.85. The van der Waals surface area contributed by atoms with Crippen LogP contribution in [0.5, 0.6) is 0 Å². The molecular formula is C17H19N3O3. The molecule has 0 bridgehead atoms. The number of carbonyl (C=O) groups excluding carboxylic acids is 2. The fourth-order valence-electron chi connectivity index (χ4n) is 2.25. The first-order valence-corrected chi connectivity index (χ1v) is 7.29. The van der Waals surface area contributed by atoms with Crippen molar-refractivity contribution in [2.24, 2.45) is 5.10 Å². The van der Waals surface area contributed by atoms with Crippen LogP contribution in [0.3, 0.4) is 0 Å². The maximum atomic E-state index is 12.2. The van der Waals surface area contributed by atoms with Gasteiger partial charge in [-0.1, -0.05) is 30.3 Å². The summed E-state index contributed by atoms with van der Waals surface area (Å²) in [7, 11) is 0. The van der Waals surface area contributed by atoms with Crippen molar-refractivity contribution in [2.45, 2.75) is 20.8 Å².